The molecule has 0 aliphatic rings. The van der Waals surface area contributed by atoms with Gasteiger partial charge in [-0.15, -0.1) is 0 Å². The van der Waals surface area contributed by atoms with Crippen molar-refractivity contribution in [1.82, 2.24) is 9.55 Å². The van der Waals surface area contributed by atoms with E-state index < -0.39 is 17.7 Å². The number of carboxylic acids is 1. The molecule has 9 nitrogen and oxygen atoms in total. The summed E-state index contributed by atoms with van der Waals surface area (Å²) < 4.78 is 15.8. The monoisotopic (exact) mass is 550 g/mol. The van der Waals surface area contributed by atoms with Crippen molar-refractivity contribution in [2.75, 3.05) is 16.8 Å². The van der Waals surface area contributed by atoms with Crippen molar-refractivity contribution in [3.05, 3.63) is 88.5 Å². The lowest BCUT2D eigenvalue weighted by molar-refractivity contribution is -0.136. The number of benzene rings is 3. The molecule has 0 aliphatic carbocycles. The predicted octanol–water partition coefficient (Wildman–Crippen LogP) is 5.26. The lowest BCUT2D eigenvalue weighted by atomic mass is 10.1. The summed E-state index contributed by atoms with van der Waals surface area (Å²) in [5.41, 5.74) is 9.10. The normalized spacial score (nSPS) is 10.9. The van der Waals surface area contributed by atoms with E-state index in [0.29, 0.717) is 28.9 Å². The van der Waals surface area contributed by atoms with Gasteiger partial charge in [0.15, 0.2) is 0 Å². The molecule has 0 atom stereocenters. The number of rotatable bonds is 11. The number of amides is 1. The second-order valence-corrected chi connectivity index (χ2v) is 9.33. The number of anilines is 2. The average molecular weight is 551 g/mol. The fourth-order valence-electron chi connectivity index (χ4n) is 4.23. The van der Waals surface area contributed by atoms with E-state index in [-0.39, 0.29) is 23.8 Å². The van der Waals surface area contributed by atoms with Crippen molar-refractivity contribution >= 4 is 51.7 Å². The van der Waals surface area contributed by atoms with E-state index >= 15 is 0 Å². The fraction of sp³-hybridized carbons (Fsp3) is 0.214. The van der Waals surface area contributed by atoms with E-state index in [2.05, 4.69) is 16.8 Å². The Morgan fingerprint density at radius 2 is 1.85 bits per heavy atom. The van der Waals surface area contributed by atoms with Gasteiger partial charge in [0, 0.05) is 35.6 Å². The molecule has 0 aliphatic heterocycles. The minimum Gasteiger partial charge on any atom is -0.481 e. The van der Waals surface area contributed by atoms with Gasteiger partial charge in [0.1, 0.15) is 17.5 Å². The molecule has 5 N–H and O–H groups in total. The number of hydrogen-bond acceptors (Lipinski definition) is 5. The van der Waals surface area contributed by atoms with Crippen molar-refractivity contribution in [2.45, 2.75) is 32.9 Å². The van der Waals surface area contributed by atoms with Crippen LogP contribution in [0.4, 0.5) is 15.8 Å². The molecule has 1 amide bonds. The number of carbonyl (C=O) groups is 2. The maximum atomic E-state index is 13.7. The molecule has 4 rings (SSSR count). The molecule has 1 heterocycles. The zero-order valence-corrected chi connectivity index (χ0v) is 22.0. The molecule has 0 unspecified atom stereocenters. The third kappa shape index (κ3) is 6.35. The van der Waals surface area contributed by atoms with Gasteiger partial charge in [-0.2, -0.15) is 0 Å². The second-order valence-electron chi connectivity index (χ2n) is 8.93. The summed E-state index contributed by atoms with van der Waals surface area (Å²) >= 11 is 5.93. The quantitative estimate of drug-likeness (QED) is 0.148. The molecule has 0 bridgehead atoms. The highest BCUT2D eigenvalue weighted by Gasteiger charge is 2.21. The van der Waals surface area contributed by atoms with Gasteiger partial charge in [-0.3, -0.25) is 15.0 Å². The van der Waals surface area contributed by atoms with Gasteiger partial charge in [-0.05, 0) is 67.1 Å². The highest BCUT2D eigenvalue weighted by atomic mass is 35.5. The van der Waals surface area contributed by atoms with Crippen LogP contribution in [0.2, 0.25) is 5.02 Å². The number of nitrogen functional groups attached to an aromatic ring is 1. The van der Waals surface area contributed by atoms with Gasteiger partial charge in [-0.1, -0.05) is 18.5 Å². The van der Waals surface area contributed by atoms with Crippen LogP contribution in [-0.4, -0.2) is 38.9 Å². The number of amidine groups is 1. The number of carboxylic acid groups (broad SMARTS) is 1. The van der Waals surface area contributed by atoms with Crippen LogP contribution in [0.1, 0.15) is 41.5 Å². The van der Waals surface area contributed by atoms with Crippen LogP contribution < -0.4 is 16.0 Å². The van der Waals surface area contributed by atoms with E-state index in [4.69, 9.17) is 27.7 Å². The average Bonchev–Trinajstić information content (AvgIpc) is 3.26. The smallest absolute Gasteiger partial charge is 0.305 e. The Balaban J connectivity index is 1.63. The Kier molecular flexibility index (Phi) is 8.46. The molecular formula is C28H28ClFN6O3. The molecular weight excluding hydrogens is 523 g/mol. The predicted molar refractivity (Wildman–Crippen MR) is 150 cm³/mol. The van der Waals surface area contributed by atoms with E-state index in [1.165, 1.54) is 17.0 Å². The first-order valence-electron chi connectivity index (χ1n) is 12.3. The summed E-state index contributed by atoms with van der Waals surface area (Å²) in [5, 5.41) is 19.9. The van der Waals surface area contributed by atoms with Crippen LogP contribution in [0, 0.1) is 11.2 Å². The number of aromatic nitrogens is 2. The fourth-order valence-corrected chi connectivity index (χ4v) is 4.41. The molecule has 0 spiro atoms. The minimum absolute atomic E-state index is 0.000640. The molecule has 11 heteroatoms. The molecule has 3 aromatic carbocycles. The van der Waals surface area contributed by atoms with Crippen LogP contribution in [-0.2, 0) is 17.9 Å². The standard InChI is InChI=1S/C28H28ClFN6O3/c1-2-12-36-24-10-5-18(28(39)35(13-11-26(37)38)20-8-9-22(30)21(29)15-20)14-23(24)34-25(36)16-33-19-6-3-17(4-7-19)27(31)32/h3-10,14-15,33H,2,11-13,16H2,1H3,(H3,31,32)(H,37,38). The number of aliphatic carboxylic acids is 1. The first kappa shape index (κ1) is 27.6. The summed E-state index contributed by atoms with van der Waals surface area (Å²) in [5.74, 6) is -1.37. The second kappa shape index (κ2) is 12.0. The van der Waals surface area contributed by atoms with E-state index in [9.17, 15) is 19.1 Å². The molecule has 0 radical (unpaired) electrons. The maximum Gasteiger partial charge on any atom is 0.305 e. The van der Waals surface area contributed by atoms with Crippen LogP contribution in [0.5, 0.6) is 0 Å². The van der Waals surface area contributed by atoms with Crippen LogP contribution in [0.15, 0.2) is 60.7 Å². The zero-order chi connectivity index (χ0) is 28.1. The van der Waals surface area contributed by atoms with Crippen molar-refractivity contribution in [2.24, 2.45) is 5.73 Å². The Bertz CT molecular complexity index is 1540. The number of nitrogens with one attached hydrogen (secondary N) is 2. The minimum atomic E-state index is -1.07. The molecule has 0 fully saturated rings. The molecule has 1 aromatic heterocycles. The van der Waals surface area contributed by atoms with Gasteiger partial charge in [0.05, 0.1) is 29.0 Å². The summed E-state index contributed by atoms with van der Waals surface area (Å²) in [6.07, 6.45) is 0.581. The number of carbonyl (C=O) groups excluding carboxylic acids is 1. The van der Waals surface area contributed by atoms with Gasteiger partial charge < -0.3 is 25.6 Å². The van der Waals surface area contributed by atoms with Crippen molar-refractivity contribution in [3.8, 4) is 0 Å². The Morgan fingerprint density at radius 3 is 2.49 bits per heavy atom. The maximum absolute atomic E-state index is 13.7. The lowest BCUT2D eigenvalue weighted by Crippen LogP contribution is -2.33. The summed E-state index contributed by atoms with van der Waals surface area (Å²) in [7, 11) is 0. The molecule has 0 saturated carbocycles. The van der Waals surface area contributed by atoms with Gasteiger partial charge in [-0.25, -0.2) is 9.37 Å². The Labute approximate surface area is 229 Å². The van der Waals surface area contributed by atoms with Crippen molar-refractivity contribution in [3.63, 3.8) is 0 Å². The molecule has 202 valence electrons. The van der Waals surface area contributed by atoms with Crippen LogP contribution >= 0.6 is 11.6 Å². The number of nitrogens with two attached hydrogens (primary N) is 1. The third-order valence-electron chi connectivity index (χ3n) is 6.18. The van der Waals surface area contributed by atoms with Gasteiger partial charge >= 0.3 is 5.97 Å². The molecule has 4 aromatic rings. The van der Waals surface area contributed by atoms with Gasteiger partial charge in [0.25, 0.3) is 5.91 Å². The van der Waals surface area contributed by atoms with E-state index in [1.54, 1.807) is 24.3 Å². The Morgan fingerprint density at radius 1 is 1.13 bits per heavy atom. The van der Waals surface area contributed by atoms with E-state index in [1.807, 2.05) is 18.2 Å². The summed E-state index contributed by atoms with van der Waals surface area (Å²) in [6, 6.07) is 16.2. The van der Waals surface area contributed by atoms with Crippen LogP contribution in [0.3, 0.4) is 0 Å². The molecule has 39 heavy (non-hydrogen) atoms. The number of aryl methyl sites for hydroxylation is 1. The van der Waals surface area contributed by atoms with Gasteiger partial charge in [0.2, 0.25) is 0 Å². The number of halogens is 2. The first-order chi connectivity index (χ1) is 18.7. The van der Waals surface area contributed by atoms with Crippen molar-refractivity contribution < 1.29 is 19.1 Å². The number of nitrogens with zero attached hydrogens (tertiary/aromatic N) is 3. The third-order valence-corrected chi connectivity index (χ3v) is 6.47. The topological polar surface area (TPSA) is 137 Å². The molecule has 0 saturated heterocycles. The van der Waals surface area contributed by atoms with Crippen LogP contribution in [0.25, 0.3) is 11.0 Å². The number of hydrogen-bond donors (Lipinski definition) is 4. The highest BCUT2D eigenvalue weighted by Crippen LogP contribution is 2.26. The van der Waals surface area contributed by atoms with E-state index in [0.717, 1.165) is 36.1 Å². The summed E-state index contributed by atoms with van der Waals surface area (Å²) in [6.45, 7) is 3.10. The Hall–Kier alpha value is -4.44. The van der Waals surface area contributed by atoms with Crippen molar-refractivity contribution in [1.29, 1.82) is 5.41 Å². The largest absolute Gasteiger partial charge is 0.481 e. The number of imidazole rings is 1. The lowest BCUT2D eigenvalue weighted by Gasteiger charge is -2.22. The SMILES string of the molecule is CCCn1c(CNc2ccc(C(=N)N)cc2)nc2cc(C(=O)N(CCC(=O)O)c3ccc(F)c(Cl)c3)ccc21. The number of fused-ring (bicyclic) bond motifs is 1. The summed E-state index contributed by atoms with van der Waals surface area (Å²) in [4.78, 5) is 30.8. The first-order valence-corrected chi connectivity index (χ1v) is 12.7. The highest BCUT2D eigenvalue weighted by molar-refractivity contribution is 6.31. The zero-order valence-electron chi connectivity index (χ0n) is 21.2.